The van der Waals surface area contributed by atoms with Crippen molar-refractivity contribution in [2.24, 2.45) is 0 Å². The molecule has 0 aromatic heterocycles. The van der Waals surface area contributed by atoms with Gasteiger partial charge in [-0.3, -0.25) is 13.8 Å². The molecule has 0 aliphatic rings. The Bertz CT molecular complexity index is 1240. The molecule has 65 heavy (non-hydrogen) atoms. The molecule has 0 bridgehead atoms. The molecule has 0 aliphatic heterocycles. The van der Waals surface area contributed by atoms with Gasteiger partial charge in [0.15, 0.2) is 0 Å². The van der Waals surface area contributed by atoms with Gasteiger partial charge >= 0.3 is 7.82 Å². The van der Waals surface area contributed by atoms with Crippen LogP contribution in [-0.2, 0) is 18.4 Å². The lowest BCUT2D eigenvalue weighted by Crippen LogP contribution is -2.45. The minimum atomic E-state index is -4.35. The molecule has 8 nitrogen and oxygen atoms in total. The molecule has 380 valence electrons. The van der Waals surface area contributed by atoms with E-state index in [2.05, 4.69) is 67.8 Å². The third-order valence-electron chi connectivity index (χ3n) is 11.9. The lowest BCUT2D eigenvalue weighted by Gasteiger charge is -2.25. The fourth-order valence-corrected chi connectivity index (χ4v) is 8.36. The summed E-state index contributed by atoms with van der Waals surface area (Å²) in [6, 6.07) is -0.870. The summed E-state index contributed by atoms with van der Waals surface area (Å²) in [6.45, 7) is 4.74. The Balaban J connectivity index is 4.08. The molecule has 3 N–H and O–H groups in total. The van der Waals surface area contributed by atoms with Crippen LogP contribution in [0.15, 0.2) is 60.8 Å². The van der Waals surface area contributed by atoms with Gasteiger partial charge in [0, 0.05) is 6.42 Å². The van der Waals surface area contributed by atoms with Crippen LogP contribution in [0.3, 0.4) is 0 Å². The van der Waals surface area contributed by atoms with E-state index in [1.165, 1.54) is 161 Å². The first-order chi connectivity index (χ1) is 31.5. The Morgan fingerprint density at radius 2 is 0.908 bits per heavy atom. The number of nitrogens with zero attached hydrogens (tertiary/aromatic N) is 1. The smallest absolute Gasteiger partial charge is 0.387 e. The topological polar surface area (TPSA) is 105 Å². The maximum Gasteiger partial charge on any atom is 0.472 e. The van der Waals surface area contributed by atoms with E-state index in [1.807, 2.05) is 27.2 Å². The predicted molar refractivity (Wildman–Crippen MR) is 281 cm³/mol. The molecule has 0 radical (unpaired) electrons. The molecule has 0 saturated carbocycles. The number of carbonyl (C=O) groups excluding carboxylic acids is 1. The van der Waals surface area contributed by atoms with E-state index in [1.54, 1.807) is 6.08 Å². The number of allylic oxidation sites excluding steroid dienone is 9. The Morgan fingerprint density at radius 1 is 0.523 bits per heavy atom. The molecular weight excluding hydrogens is 828 g/mol. The molecule has 0 heterocycles. The van der Waals surface area contributed by atoms with Gasteiger partial charge in [0.05, 0.1) is 39.9 Å². The highest BCUT2D eigenvalue weighted by molar-refractivity contribution is 7.47. The molecule has 0 aliphatic carbocycles. The average Bonchev–Trinajstić information content (AvgIpc) is 3.26. The van der Waals surface area contributed by atoms with Gasteiger partial charge in [0.2, 0.25) is 5.91 Å². The van der Waals surface area contributed by atoms with Crippen molar-refractivity contribution in [2.45, 2.75) is 251 Å². The summed E-state index contributed by atoms with van der Waals surface area (Å²) >= 11 is 0. The highest BCUT2D eigenvalue weighted by Crippen LogP contribution is 2.43. The van der Waals surface area contributed by atoms with Gasteiger partial charge < -0.3 is 19.8 Å². The third-order valence-corrected chi connectivity index (χ3v) is 12.9. The summed E-state index contributed by atoms with van der Waals surface area (Å²) in [5.41, 5.74) is 0. The van der Waals surface area contributed by atoms with Crippen LogP contribution in [-0.4, -0.2) is 73.4 Å². The lowest BCUT2D eigenvalue weighted by molar-refractivity contribution is -0.870. The monoisotopic (exact) mass is 934 g/mol. The second-order valence-corrected chi connectivity index (χ2v) is 21.0. The Labute approximate surface area is 402 Å². The van der Waals surface area contributed by atoms with Gasteiger partial charge in [-0.05, 0) is 70.6 Å². The number of unbranched alkanes of at least 4 members (excludes halogenated alkanes) is 28. The number of phosphoric acid groups is 1. The Hall–Kier alpha value is -1.80. The normalized spacial score (nSPS) is 14.5. The van der Waals surface area contributed by atoms with Crippen molar-refractivity contribution < 1.29 is 32.9 Å². The van der Waals surface area contributed by atoms with Crippen LogP contribution < -0.4 is 5.32 Å². The molecule has 0 rings (SSSR count). The number of quaternary nitrogens is 1. The first kappa shape index (κ1) is 63.2. The van der Waals surface area contributed by atoms with Gasteiger partial charge in [-0.1, -0.05) is 222 Å². The van der Waals surface area contributed by atoms with Gasteiger partial charge in [-0.25, -0.2) is 4.57 Å². The largest absolute Gasteiger partial charge is 0.472 e. The third kappa shape index (κ3) is 49.9. The van der Waals surface area contributed by atoms with Gasteiger partial charge in [0.1, 0.15) is 13.2 Å². The predicted octanol–water partition coefficient (Wildman–Crippen LogP) is 16.1. The number of aliphatic hydroxyl groups is 1. The number of carbonyl (C=O) groups is 1. The number of amides is 1. The summed E-state index contributed by atoms with van der Waals surface area (Å²) in [6.07, 6.45) is 63.3. The van der Waals surface area contributed by atoms with E-state index in [0.717, 1.165) is 57.8 Å². The van der Waals surface area contributed by atoms with Crippen LogP contribution in [0.4, 0.5) is 0 Å². The zero-order valence-corrected chi connectivity index (χ0v) is 44.1. The van der Waals surface area contributed by atoms with Crippen molar-refractivity contribution in [3.8, 4) is 0 Å². The summed E-state index contributed by atoms with van der Waals surface area (Å²) in [5, 5.41) is 13.8. The Morgan fingerprint density at radius 3 is 1.37 bits per heavy atom. The van der Waals surface area contributed by atoms with Crippen molar-refractivity contribution in [3.05, 3.63) is 60.8 Å². The molecule has 0 spiro atoms. The van der Waals surface area contributed by atoms with E-state index in [-0.39, 0.29) is 19.1 Å². The number of nitrogens with one attached hydrogen (secondary N) is 1. The van der Waals surface area contributed by atoms with E-state index in [9.17, 15) is 19.4 Å². The summed E-state index contributed by atoms with van der Waals surface area (Å²) in [5.74, 6) is -0.193. The maximum atomic E-state index is 12.9. The van der Waals surface area contributed by atoms with Crippen LogP contribution in [0, 0.1) is 0 Å². The van der Waals surface area contributed by atoms with Gasteiger partial charge in [-0.2, -0.15) is 0 Å². The standard InChI is InChI=1S/C56H105N2O6P/c1-6-8-10-12-14-16-18-20-21-22-23-24-25-26-27-28-29-30-31-32-33-34-35-36-37-38-40-42-44-46-48-50-56(60)57-54(53-64-65(61,62)63-52-51-58(3,4)5)55(59)49-47-45-43-41-39-19-17-15-13-11-9-7-2/h13,15,23-24,26-27,39,41,47,49,54-55,59H,6-12,14,16-22,25,28-38,40,42-46,48,50-53H2,1-5H3,(H-,57,60,61,62)/p+1/b15-13+,24-23-,27-26-,41-39+,49-47+. The minimum Gasteiger partial charge on any atom is -0.387 e. The second kappa shape index (κ2) is 47.3. The van der Waals surface area contributed by atoms with Gasteiger partial charge in [0.25, 0.3) is 0 Å². The maximum absolute atomic E-state index is 12.9. The first-order valence-electron chi connectivity index (χ1n) is 27.2. The number of rotatable bonds is 49. The van der Waals surface area contributed by atoms with Crippen molar-refractivity contribution in [1.29, 1.82) is 0 Å². The fourth-order valence-electron chi connectivity index (χ4n) is 7.62. The van der Waals surface area contributed by atoms with Crippen LogP contribution in [0.25, 0.3) is 0 Å². The van der Waals surface area contributed by atoms with Crippen LogP contribution in [0.1, 0.15) is 239 Å². The lowest BCUT2D eigenvalue weighted by atomic mass is 10.0. The van der Waals surface area contributed by atoms with Crippen LogP contribution in [0.2, 0.25) is 0 Å². The number of hydrogen-bond acceptors (Lipinski definition) is 5. The summed E-state index contributed by atoms with van der Waals surface area (Å²) < 4.78 is 23.6. The van der Waals surface area contributed by atoms with E-state index in [4.69, 9.17) is 9.05 Å². The first-order valence-corrected chi connectivity index (χ1v) is 28.7. The van der Waals surface area contributed by atoms with Gasteiger partial charge in [-0.15, -0.1) is 0 Å². The van der Waals surface area contributed by atoms with Crippen LogP contribution in [0.5, 0.6) is 0 Å². The SMILES string of the molecule is CCCC/C=C/CC/C=C/CC/C=C/C(O)C(COP(=O)(O)OCC[N+](C)(C)C)NC(=O)CCCCCCCCCCCCCCCCC/C=C\C/C=C\CCCCCCCCCCC. The average molecular weight is 934 g/mol. The van der Waals surface area contributed by atoms with Crippen molar-refractivity contribution >= 4 is 13.7 Å². The molecule has 0 fully saturated rings. The van der Waals surface area contributed by atoms with Crippen molar-refractivity contribution in [1.82, 2.24) is 5.32 Å². The fraction of sp³-hybridized carbons (Fsp3) is 0.804. The van der Waals surface area contributed by atoms with Crippen molar-refractivity contribution in [2.75, 3.05) is 40.9 Å². The zero-order chi connectivity index (χ0) is 47.8. The summed E-state index contributed by atoms with van der Waals surface area (Å²) in [4.78, 5) is 23.2. The molecule has 0 saturated heterocycles. The molecule has 0 aromatic rings. The minimum absolute atomic E-state index is 0.0521. The van der Waals surface area contributed by atoms with E-state index < -0.39 is 20.0 Å². The highest BCUT2D eigenvalue weighted by atomic mass is 31.2. The van der Waals surface area contributed by atoms with E-state index >= 15 is 0 Å². The zero-order valence-electron chi connectivity index (χ0n) is 43.2. The molecule has 0 aromatic carbocycles. The number of likely N-dealkylation sites (N-methyl/N-ethyl adjacent to an activating group) is 1. The molecule has 9 heteroatoms. The second-order valence-electron chi connectivity index (χ2n) is 19.6. The molecule has 1 amide bonds. The number of phosphoric ester groups is 1. The van der Waals surface area contributed by atoms with Crippen LogP contribution >= 0.6 is 7.82 Å². The number of aliphatic hydroxyl groups excluding tert-OH is 1. The van der Waals surface area contributed by atoms with Crippen molar-refractivity contribution in [3.63, 3.8) is 0 Å². The van der Waals surface area contributed by atoms with E-state index in [0.29, 0.717) is 17.4 Å². The molecule has 3 unspecified atom stereocenters. The molecule has 3 atom stereocenters. The molecular formula is C56H106N2O6P+. The quantitative estimate of drug-likeness (QED) is 0.0243. The number of hydrogen-bond donors (Lipinski definition) is 3. The Kier molecular flexibility index (Phi) is 46.0. The highest BCUT2D eigenvalue weighted by Gasteiger charge is 2.27. The summed E-state index contributed by atoms with van der Waals surface area (Å²) in [7, 11) is 1.54.